The summed E-state index contributed by atoms with van der Waals surface area (Å²) in [6.45, 7) is 1.30. The van der Waals surface area contributed by atoms with Gasteiger partial charge in [0, 0.05) is 17.8 Å². The van der Waals surface area contributed by atoms with E-state index in [4.69, 9.17) is 4.42 Å². The van der Waals surface area contributed by atoms with Gasteiger partial charge in [-0.3, -0.25) is 4.79 Å². The summed E-state index contributed by atoms with van der Waals surface area (Å²) in [5.74, 6) is -2.15. The summed E-state index contributed by atoms with van der Waals surface area (Å²) in [5.41, 5.74) is 1.23. The van der Waals surface area contributed by atoms with Gasteiger partial charge in [-0.25, -0.2) is 9.37 Å². The third-order valence-electron chi connectivity index (χ3n) is 3.58. The van der Waals surface area contributed by atoms with Crippen LogP contribution in [0.25, 0.3) is 22.6 Å². The molecule has 0 saturated carbocycles. The standard InChI is InChI=1S/C17H12F4N2O2/c1-2-23(16(24)17(19,20)21)12-7-8-14-13(9-12)22-15(25-14)10-3-5-11(18)6-4-10/h3-9H,2H2,1H3. The predicted octanol–water partition coefficient (Wildman–Crippen LogP) is 4.55. The van der Waals surface area contributed by atoms with Crippen LogP contribution in [0.2, 0.25) is 0 Å². The van der Waals surface area contributed by atoms with E-state index in [0.29, 0.717) is 21.6 Å². The van der Waals surface area contributed by atoms with Crippen LogP contribution in [0.1, 0.15) is 6.92 Å². The Labute approximate surface area is 139 Å². The van der Waals surface area contributed by atoms with Crippen LogP contribution in [-0.4, -0.2) is 23.6 Å². The first-order valence-corrected chi connectivity index (χ1v) is 7.35. The van der Waals surface area contributed by atoms with Crippen molar-refractivity contribution in [2.45, 2.75) is 13.1 Å². The normalized spacial score (nSPS) is 11.7. The van der Waals surface area contributed by atoms with Gasteiger partial charge in [0.05, 0.1) is 0 Å². The molecule has 0 aliphatic heterocycles. The molecule has 1 amide bonds. The van der Waals surface area contributed by atoms with Crippen LogP contribution in [0.3, 0.4) is 0 Å². The van der Waals surface area contributed by atoms with Gasteiger partial charge >= 0.3 is 12.1 Å². The monoisotopic (exact) mass is 352 g/mol. The minimum Gasteiger partial charge on any atom is -0.436 e. The van der Waals surface area contributed by atoms with Crippen molar-refractivity contribution in [3.8, 4) is 11.5 Å². The molecular weight excluding hydrogens is 340 g/mol. The molecule has 0 saturated heterocycles. The van der Waals surface area contributed by atoms with E-state index in [1.54, 1.807) is 0 Å². The van der Waals surface area contributed by atoms with Gasteiger partial charge in [0.25, 0.3) is 0 Å². The number of anilines is 1. The van der Waals surface area contributed by atoms with Crippen molar-refractivity contribution in [3.05, 3.63) is 48.3 Å². The second kappa shape index (κ2) is 6.19. The van der Waals surface area contributed by atoms with Crippen molar-refractivity contribution < 1.29 is 26.8 Å². The summed E-state index contributed by atoms with van der Waals surface area (Å²) in [6, 6.07) is 9.59. The summed E-state index contributed by atoms with van der Waals surface area (Å²) in [6.07, 6.45) is -4.96. The van der Waals surface area contributed by atoms with Crippen LogP contribution >= 0.6 is 0 Å². The number of rotatable bonds is 3. The summed E-state index contributed by atoms with van der Waals surface area (Å²) < 4.78 is 56.6. The Kier molecular flexibility index (Phi) is 4.20. The first kappa shape index (κ1) is 16.9. The second-order valence-corrected chi connectivity index (χ2v) is 5.23. The number of oxazole rings is 1. The molecule has 1 heterocycles. The average molecular weight is 352 g/mol. The lowest BCUT2D eigenvalue weighted by Gasteiger charge is -2.21. The molecule has 25 heavy (non-hydrogen) atoms. The molecule has 1 aromatic heterocycles. The lowest BCUT2D eigenvalue weighted by Crippen LogP contribution is -2.41. The number of benzene rings is 2. The SMILES string of the molecule is CCN(C(=O)C(F)(F)F)c1ccc2oc(-c3ccc(F)cc3)nc2c1. The Bertz CT molecular complexity index is 917. The summed E-state index contributed by atoms with van der Waals surface area (Å²) in [5, 5.41) is 0. The van der Waals surface area contributed by atoms with Gasteiger partial charge in [-0.05, 0) is 49.4 Å². The van der Waals surface area contributed by atoms with Gasteiger partial charge in [-0.1, -0.05) is 0 Å². The van der Waals surface area contributed by atoms with Crippen molar-refractivity contribution in [1.29, 1.82) is 0 Å². The fourth-order valence-corrected chi connectivity index (χ4v) is 2.40. The Balaban J connectivity index is 2.00. The summed E-state index contributed by atoms with van der Waals surface area (Å²) in [7, 11) is 0. The number of halogens is 4. The minimum atomic E-state index is -4.96. The third kappa shape index (κ3) is 3.33. The predicted molar refractivity (Wildman–Crippen MR) is 83.5 cm³/mol. The molecule has 0 radical (unpaired) electrons. The van der Waals surface area contributed by atoms with E-state index in [-0.39, 0.29) is 18.1 Å². The van der Waals surface area contributed by atoms with E-state index in [2.05, 4.69) is 4.98 Å². The summed E-state index contributed by atoms with van der Waals surface area (Å²) >= 11 is 0. The van der Waals surface area contributed by atoms with E-state index in [1.807, 2.05) is 0 Å². The molecule has 0 N–H and O–H groups in total. The topological polar surface area (TPSA) is 46.3 Å². The van der Waals surface area contributed by atoms with Gasteiger partial charge in [-0.2, -0.15) is 13.2 Å². The largest absolute Gasteiger partial charge is 0.471 e. The number of carbonyl (C=O) groups is 1. The van der Waals surface area contributed by atoms with E-state index in [0.717, 1.165) is 0 Å². The van der Waals surface area contributed by atoms with Crippen LogP contribution in [0.4, 0.5) is 23.2 Å². The summed E-state index contributed by atoms with van der Waals surface area (Å²) in [4.78, 5) is 16.3. The fourth-order valence-electron chi connectivity index (χ4n) is 2.40. The van der Waals surface area contributed by atoms with Crippen molar-refractivity contribution in [2.75, 3.05) is 11.4 Å². The van der Waals surface area contributed by atoms with Crippen LogP contribution in [0, 0.1) is 5.82 Å². The Morgan fingerprint density at radius 2 is 1.84 bits per heavy atom. The number of hydrogen-bond acceptors (Lipinski definition) is 3. The molecule has 0 atom stereocenters. The quantitative estimate of drug-likeness (QED) is 0.650. The van der Waals surface area contributed by atoms with Crippen LogP contribution in [0.15, 0.2) is 46.9 Å². The lowest BCUT2D eigenvalue weighted by molar-refractivity contribution is -0.170. The van der Waals surface area contributed by atoms with Crippen molar-refractivity contribution in [2.24, 2.45) is 0 Å². The Morgan fingerprint density at radius 3 is 2.44 bits per heavy atom. The molecule has 130 valence electrons. The molecule has 3 rings (SSSR count). The maximum Gasteiger partial charge on any atom is 0.471 e. The van der Waals surface area contributed by atoms with E-state index in [9.17, 15) is 22.4 Å². The van der Waals surface area contributed by atoms with E-state index < -0.39 is 17.9 Å². The number of alkyl halides is 3. The van der Waals surface area contributed by atoms with Gasteiger partial charge in [0.1, 0.15) is 11.3 Å². The van der Waals surface area contributed by atoms with Gasteiger partial charge < -0.3 is 9.32 Å². The average Bonchev–Trinajstić information content (AvgIpc) is 2.98. The van der Waals surface area contributed by atoms with E-state index >= 15 is 0 Å². The second-order valence-electron chi connectivity index (χ2n) is 5.23. The highest BCUT2D eigenvalue weighted by Crippen LogP contribution is 2.29. The molecule has 0 aliphatic rings. The molecule has 2 aromatic carbocycles. The lowest BCUT2D eigenvalue weighted by atomic mass is 10.2. The van der Waals surface area contributed by atoms with Crippen molar-refractivity contribution >= 4 is 22.7 Å². The highest BCUT2D eigenvalue weighted by molar-refractivity contribution is 5.98. The Hall–Kier alpha value is -2.90. The van der Waals surface area contributed by atoms with Gasteiger partial charge in [-0.15, -0.1) is 0 Å². The molecular formula is C17H12F4N2O2. The first-order chi connectivity index (χ1) is 11.8. The van der Waals surface area contributed by atoms with Crippen LogP contribution in [-0.2, 0) is 4.79 Å². The molecule has 0 unspecified atom stereocenters. The number of aromatic nitrogens is 1. The molecule has 0 fully saturated rings. The molecule has 8 heteroatoms. The Morgan fingerprint density at radius 1 is 1.16 bits per heavy atom. The van der Waals surface area contributed by atoms with Crippen LogP contribution in [0.5, 0.6) is 0 Å². The highest BCUT2D eigenvalue weighted by Gasteiger charge is 2.42. The third-order valence-corrected chi connectivity index (χ3v) is 3.58. The molecule has 4 nitrogen and oxygen atoms in total. The van der Waals surface area contributed by atoms with E-state index in [1.165, 1.54) is 49.4 Å². The molecule has 0 aliphatic carbocycles. The highest BCUT2D eigenvalue weighted by atomic mass is 19.4. The first-order valence-electron chi connectivity index (χ1n) is 7.35. The number of carbonyl (C=O) groups excluding carboxylic acids is 1. The van der Waals surface area contributed by atoms with Crippen molar-refractivity contribution in [3.63, 3.8) is 0 Å². The van der Waals surface area contributed by atoms with Gasteiger partial charge in [0.2, 0.25) is 5.89 Å². The smallest absolute Gasteiger partial charge is 0.436 e. The maximum absolute atomic E-state index is 13.0. The zero-order valence-corrected chi connectivity index (χ0v) is 13.0. The number of hydrogen-bond donors (Lipinski definition) is 0. The zero-order valence-electron chi connectivity index (χ0n) is 13.0. The van der Waals surface area contributed by atoms with Gasteiger partial charge in [0.15, 0.2) is 5.58 Å². The molecule has 3 aromatic rings. The number of amides is 1. The molecule has 0 bridgehead atoms. The number of nitrogens with zero attached hydrogens (tertiary/aromatic N) is 2. The van der Waals surface area contributed by atoms with Crippen molar-refractivity contribution in [1.82, 2.24) is 4.98 Å². The zero-order chi connectivity index (χ0) is 18.2. The molecule has 0 spiro atoms. The fraction of sp³-hybridized carbons (Fsp3) is 0.176. The number of fused-ring (bicyclic) bond motifs is 1. The van der Waals surface area contributed by atoms with Crippen LogP contribution < -0.4 is 4.90 Å². The minimum absolute atomic E-state index is 0.0660. The maximum atomic E-state index is 13.0.